The molecule has 2 aromatic carbocycles. The second-order valence-electron chi connectivity index (χ2n) is 6.25. The number of methoxy groups -OCH3 is 1. The van der Waals surface area contributed by atoms with Crippen LogP contribution in [0.5, 0.6) is 11.5 Å². The maximum Gasteiger partial charge on any atom is 0.280 e. The van der Waals surface area contributed by atoms with Gasteiger partial charge < -0.3 is 9.47 Å². The van der Waals surface area contributed by atoms with E-state index in [0.29, 0.717) is 27.2 Å². The maximum absolute atomic E-state index is 14.1. The molecule has 0 atom stereocenters. The Hall–Kier alpha value is -2.70. The average Bonchev–Trinajstić information content (AvgIpc) is 3.00. The van der Waals surface area contributed by atoms with Crippen molar-refractivity contribution in [3.63, 3.8) is 0 Å². The van der Waals surface area contributed by atoms with Crippen molar-refractivity contribution in [2.24, 2.45) is 5.10 Å². The van der Waals surface area contributed by atoms with Crippen molar-refractivity contribution in [3.8, 4) is 11.5 Å². The zero-order valence-corrected chi connectivity index (χ0v) is 18.5. The number of halogens is 6. The summed E-state index contributed by atoms with van der Waals surface area (Å²) in [6.07, 6.45) is 1.37. The van der Waals surface area contributed by atoms with Crippen LogP contribution < -0.4 is 14.5 Å². The molecule has 0 unspecified atom stereocenters. The maximum atomic E-state index is 14.1. The van der Waals surface area contributed by atoms with E-state index >= 15 is 0 Å². The number of benzene rings is 2. The highest BCUT2D eigenvalue weighted by atomic mass is 127. The number of amides is 1. The van der Waals surface area contributed by atoms with E-state index in [-0.39, 0.29) is 16.3 Å². The number of ether oxygens (including phenoxy) is 2. The zero-order valence-electron chi connectivity index (χ0n) is 16.3. The topological polar surface area (TPSA) is 51.1 Å². The second kappa shape index (κ2) is 8.81. The molecule has 0 saturated heterocycles. The Labute approximate surface area is 187 Å². The van der Waals surface area contributed by atoms with Gasteiger partial charge >= 0.3 is 0 Å². The molecule has 5 nitrogen and oxygen atoms in total. The molecule has 0 N–H and O–H groups in total. The Morgan fingerprint density at radius 1 is 1.06 bits per heavy atom. The Morgan fingerprint density at radius 3 is 2.19 bits per heavy atom. The quantitative estimate of drug-likeness (QED) is 0.169. The van der Waals surface area contributed by atoms with Crippen molar-refractivity contribution in [2.75, 3.05) is 18.7 Å². The van der Waals surface area contributed by atoms with Crippen LogP contribution in [0.25, 0.3) is 6.08 Å². The van der Waals surface area contributed by atoms with Crippen LogP contribution in [0.1, 0.15) is 19.4 Å². The molecular weight excluding hydrogens is 538 g/mol. The van der Waals surface area contributed by atoms with Gasteiger partial charge in [0.2, 0.25) is 5.82 Å². The molecule has 0 spiro atoms. The van der Waals surface area contributed by atoms with Crippen LogP contribution >= 0.6 is 22.6 Å². The predicted octanol–water partition coefficient (Wildman–Crippen LogP) is 5.20. The zero-order chi connectivity index (χ0) is 23.0. The molecule has 0 saturated carbocycles. The normalized spacial score (nSPS) is 15.0. The first-order valence-corrected chi connectivity index (χ1v) is 9.83. The molecule has 1 amide bonds. The van der Waals surface area contributed by atoms with E-state index in [2.05, 4.69) is 5.10 Å². The van der Waals surface area contributed by atoms with Gasteiger partial charge in [-0.05, 0) is 60.2 Å². The Morgan fingerprint density at radius 2 is 1.65 bits per heavy atom. The lowest BCUT2D eigenvalue weighted by Crippen LogP contribution is -2.25. The van der Waals surface area contributed by atoms with Gasteiger partial charge in [0.25, 0.3) is 5.91 Å². The van der Waals surface area contributed by atoms with Gasteiger partial charge in [-0.1, -0.05) is 0 Å². The molecule has 11 heteroatoms. The largest absolute Gasteiger partial charge is 0.493 e. The third-order valence-electron chi connectivity index (χ3n) is 4.31. The summed E-state index contributed by atoms with van der Waals surface area (Å²) in [6.45, 7) is 3.57. The second-order valence-corrected chi connectivity index (χ2v) is 7.41. The van der Waals surface area contributed by atoms with Gasteiger partial charge in [-0.25, -0.2) is 22.0 Å². The molecule has 1 aliphatic heterocycles. The molecule has 1 heterocycles. The first-order valence-electron chi connectivity index (χ1n) is 8.75. The van der Waals surface area contributed by atoms with E-state index in [4.69, 9.17) is 9.47 Å². The first-order chi connectivity index (χ1) is 14.6. The Kier molecular flexibility index (Phi) is 6.53. The third kappa shape index (κ3) is 3.98. The Balaban J connectivity index is 2.07. The van der Waals surface area contributed by atoms with E-state index in [9.17, 15) is 26.7 Å². The van der Waals surface area contributed by atoms with Gasteiger partial charge in [0, 0.05) is 0 Å². The summed E-state index contributed by atoms with van der Waals surface area (Å²) in [4.78, 5) is 12.8. The van der Waals surface area contributed by atoms with Crippen molar-refractivity contribution < 1.29 is 36.2 Å². The molecule has 31 heavy (non-hydrogen) atoms. The van der Waals surface area contributed by atoms with Crippen molar-refractivity contribution in [1.82, 2.24) is 0 Å². The van der Waals surface area contributed by atoms with E-state index in [0.717, 1.165) is 0 Å². The minimum Gasteiger partial charge on any atom is -0.493 e. The van der Waals surface area contributed by atoms with Crippen LogP contribution in [-0.2, 0) is 4.79 Å². The lowest BCUT2D eigenvalue weighted by atomic mass is 10.1. The molecule has 164 valence electrons. The molecular formula is C20H14F5IN2O3. The number of hydrogen-bond donors (Lipinski definition) is 0. The fraction of sp³-hybridized carbons (Fsp3) is 0.200. The van der Waals surface area contributed by atoms with Gasteiger partial charge in [-0.2, -0.15) is 10.1 Å². The summed E-state index contributed by atoms with van der Waals surface area (Å²) in [5, 5.41) is 3.86. The number of hydrazone groups is 1. The highest BCUT2D eigenvalue weighted by molar-refractivity contribution is 14.1. The number of hydrogen-bond acceptors (Lipinski definition) is 4. The highest BCUT2D eigenvalue weighted by Crippen LogP contribution is 2.36. The van der Waals surface area contributed by atoms with Crippen molar-refractivity contribution in [2.45, 2.75) is 13.8 Å². The summed E-state index contributed by atoms with van der Waals surface area (Å²) in [7, 11) is 1.43. The third-order valence-corrected chi connectivity index (χ3v) is 5.11. The molecule has 1 aliphatic rings. The first kappa shape index (κ1) is 23.0. The summed E-state index contributed by atoms with van der Waals surface area (Å²) < 4.78 is 80.2. The number of nitrogens with zero attached hydrogens (tertiary/aromatic N) is 2. The molecule has 0 fully saturated rings. The molecule has 0 bridgehead atoms. The smallest absolute Gasteiger partial charge is 0.280 e. The minimum atomic E-state index is -2.32. The van der Waals surface area contributed by atoms with Gasteiger partial charge in [0.1, 0.15) is 5.69 Å². The molecule has 0 aliphatic carbocycles. The number of carbonyl (C=O) groups excluding carboxylic acids is 1. The van der Waals surface area contributed by atoms with E-state index in [1.165, 1.54) is 20.1 Å². The summed E-state index contributed by atoms with van der Waals surface area (Å²) in [6, 6.07) is 3.24. The molecule has 2 aromatic rings. The van der Waals surface area contributed by atoms with E-state index in [1.807, 2.05) is 22.6 Å². The number of anilines is 1. The van der Waals surface area contributed by atoms with E-state index < -0.39 is 40.7 Å². The van der Waals surface area contributed by atoms with Gasteiger partial charge in [0.15, 0.2) is 34.8 Å². The minimum absolute atomic E-state index is 0.0248. The van der Waals surface area contributed by atoms with Crippen molar-refractivity contribution in [3.05, 3.63) is 55.9 Å². The number of rotatable bonds is 5. The van der Waals surface area contributed by atoms with Crippen LogP contribution in [0, 0.1) is 32.7 Å². The standard InChI is InChI=1S/C20H14F5IN2O3/c1-4-31-19-11(26)6-9(7-12(19)30-3)5-10-8(2)27-28(20(10)29)18-16(24)14(22)13(21)15(23)17(18)25/h5-7H,4H2,1-3H3/b10-5-. The van der Waals surface area contributed by atoms with Gasteiger partial charge in [-0.3, -0.25) is 4.79 Å². The monoisotopic (exact) mass is 552 g/mol. The van der Waals surface area contributed by atoms with Crippen molar-refractivity contribution >= 4 is 46.0 Å². The lowest BCUT2D eigenvalue weighted by Gasteiger charge is -2.15. The highest BCUT2D eigenvalue weighted by Gasteiger charge is 2.37. The summed E-state index contributed by atoms with van der Waals surface area (Å²) >= 11 is 2.01. The SMILES string of the molecule is CCOc1c(I)cc(/C=C2\C(=O)N(c3c(F)c(F)c(F)c(F)c3F)N=C2C)cc1OC. The lowest BCUT2D eigenvalue weighted by molar-refractivity contribution is -0.114. The molecule has 3 rings (SSSR count). The molecule has 0 radical (unpaired) electrons. The van der Waals surface area contributed by atoms with Crippen LogP contribution in [0.2, 0.25) is 0 Å². The van der Waals surface area contributed by atoms with Crippen LogP contribution in [0.3, 0.4) is 0 Å². The van der Waals surface area contributed by atoms with Crippen LogP contribution in [-0.4, -0.2) is 25.3 Å². The van der Waals surface area contributed by atoms with Crippen molar-refractivity contribution in [1.29, 1.82) is 0 Å². The fourth-order valence-electron chi connectivity index (χ4n) is 2.89. The van der Waals surface area contributed by atoms with Gasteiger partial charge in [0.05, 0.1) is 28.6 Å². The summed E-state index contributed by atoms with van der Waals surface area (Å²) in [5.74, 6) is -11.1. The fourth-order valence-corrected chi connectivity index (χ4v) is 3.67. The van der Waals surface area contributed by atoms with Crippen LogP contribution in [0.15, 0.2) is 22.8 Å². The average molecular weight is 552 g/mol. The van der Waals surface area contributed by atoms with E-state index in [1.54, 1.807) is 19.1 Å². The number of carbonyl (C=O) groups is 1. The summed E-state index contributed by atoms with van der Waals surface area (Å²) in [5.41, 5.74) is -1.03. The Bertz CT molecular complexity index is 1120. The van der Waals surface area contributed by atoms with Gasteiger partial charge in [-0.15, -0.1) is 0 Å². The molecule has 0 aromatic heterocycles. The van der Waals surface area contributed by atoms with Crippen LogP contribution in [0.4, 0.5) is 27.6 Å². The predicted molar refractivity (Wildman–Crippen MR) is 112 cm³/mol.